The summed E-state index contributed by atoms with van der Waals surface area (Å²) in [4.78, 5) is 14.5. The number of hydrogen-bond acceptors (Lipinski definition) is 5. The number of carbonyl (C=O) groups is 1. The lowest BCUT2D eigenvalue weighted by atomic mass is 9.96. The number of halogens is 2. The van der Waals surface area contributed by atoms with Gasteiger partial charge in [0.1, 0.15) is 17.3 Å². The lowest BCUT2D eigenvalue weighted by molar-refractivity contribution is -0.125. The molecule has 4 rings (SSSR count). The third-order valence-electron chi connectivity index (χ3n) is 5.11. The van der Waals surface area contributed by atoms with Gasteiger partial charge in [0.15, 0.2) is 11.6 Å². The van der Waals surface area contributed by atoms with Crippen molar-refractivity contribution < 1.29 is 18.0 Å². The van der Waals surface area contributed by atoms with Crippen molar-refractivity contribution in [3.63, 3.8) is 0 Å². The number of hydrogen-bond donors (Lipinski definition) is 1. The second-order valence-electron chi connectivity index (χ2n) is 6.93. The maximum absolute atomic E-state index is 13.7. The molecule has 8 heteroatoms. The summed E-state index contributed by atoms with van der Waals surface area (Å²) in [5.74, 6) is -0.297. The minimum Gasteiger partial charge on any atom is -0.463 e. The topological polar surface area (TPSA) is 71.3 Å². The number of anilines is 1. The van der Waals surface area contributed by atoms with Crippen LogP contribution in [-0.2, 0) is 11.3 Å². The highest BCUT2D eigenvalue weighted by Crippen LogP contribution is 2.24. The smallest absolute Gasteiger partial charge is 0.223 e. The van der Waals surface area contributed by atoms with Gasteiger partial charge >= 0.3 is 0 Å². The Morgan fingerprint density at radius 1 is 1.07 bits per heavy atom. The SMILES string of the molecule is O=C(NCc1c(F)cccc1F)C1CCN(c2ccc(-c3ccco3)nn2)CC1. The molecule has 0 radical (unpaired) electrons. The molecule has 0 saturated carbocycles. The van der Waals surface area contributed by atoms with Crippen LogP contribution in [0.5, 0.6) is 0 Å². The van der Waals surface area contributed by atoms with Crippen LogP contribution in [0.25, 0.3) is 11.5 Å². The molecule has 1 amide bonds. The van der Waals surface area contributed by atoms with Crippen molar-refractivity contribution in [3.05, 3.63) is 65.9 Å². The van der Waals surface area contributed by atoms with Gasteiger partial charge in [0, 0.05) is 31.1 Å². The lowest BCUT2D eigenvalue weighted by Gasteiger charge is -2.31. The Balaban J connectivity index is 1.30. The number of nitrogens with zero attached hydrogens (tertiary/aromatic N) is 3. The van der Waals surface area contributed by atoms with E-state index in [-0.39, 0.29) is 23.9 Å². The number of nitrogens with one attached hydrogen (secondary N) is 1. The molecule has 0 aliphatic carbocycles. The van der Waals surface area contributed by atoms with Crippen molar-refractivity contribution in [1.82, 2.24) is 15.5 Å². The number of rotatable bonds is 5. The van der Waals surface area contributed by atoms with E-state index in [1.807, 2.05) is 18.2 Å². The van der Waals surface area contributed by atoms with E-state index < -0.39 is 11.6 Å². The van der Waals surface area contributed by atoms with Gasteiger partial charge in [-0.25, -0.2) is 8.78 Å². The molecule has 1 aromatic carbocycles. The fourth-order valence-electron chi connectivity index (χ4n) is 3.44. The van der Waals surface area contributed by atoms with Crippen LogP contribution in [0.3, 0.4) is 0 Å². The van der Waals surface area contributed by atoms with Crippen LogP contribution in [0.4, 0.5) is 14.6 Å². The Bertz CT molecular complexity index is 949. The molecule has 0 bridgehead atoms. The summed E-state index contributed by atoms with van der Waals surface area (Å²) in [6, 6.07) is 11.0. The van der Waals surface area contributed by atoms with Gasteiger partial charge in [-0.15, -0.1) is 10.2 Å². The summed E-state index contributed by atoms with van der Waals surface area (Å²) in [5.41, 5.74) is 0.540. The van der Waals surface area contributed by atoms with Crippen LogP contribution >= 0.6 is 0 Å². The predicted molar refractivity (Wildman–Crippen MR) is 103 cm³/mol. The maximum atomic E-state index is 13.7. The first-order valence-corrected chi connectivity index (χ1v) is 9.45. The minimum absolute atomic E-state index is 0.120. The van der Waals surface area contributed by atoms with Gasteiger partial charge in [0.05, 0.1) is 6.26 Å². The molecule has 2 aromatic heterocycles. The largest absolute Gasteiger partial charge is 0.463 e. The monoisotopic (exact) mass is 398 g/mol. The lowest BCUT2D eigenvalue weighted by Crippen LogP contribution is -2.40. The second kappa shape index (κ2) is 8.38. The average Bonchev–Trinajstić information content (AvgIpc) is 3.28. The molecule has 0 unspecified atom stereocenters. The molecule has 6 nitrogen and oxygen atoms in total. The van der Waals surface area contributed by atoms with Crippen LogP contribution in [0.1, 0.15) is 18.4 Å². The van der Waals surface area contributed by atoms with E-state index in [9.17, 15) is 13.6 Å². The molecule has 0 spiro atoms. The van der Waals surface area contributed by atoms with Crippen molar-refractivity contribution in [2.45, 2.75) is 19.4 Å². The van der Waals surface area contributed by atoms with Crippen LogP contribution < -0.4 is 10.2 Å². The molecule has 1 aliphatic heterocycles. The van der Waals surface area contributed by atoms with E-state index in [1.165, 1.54) is 18.2 Å². The quantitative estimate of drug-likeness (QED) is 0.712. The van der Waals surface area contributed by atoms with Crippen molar-refractivity contribution in [2.75, 3.05) is 18.0 Å². The predicted octanol–water partition coefficient (Wildman–Crippen LogP) is 3.55. The van der Waals surface area contributed by atoms with E-state index >= 15 is 0 Å². The Labute approximate surface area is 166 Å². The third kappa shape index (κ3) is 4.26. The molecule has 150 valence electrons. The zero-order valence-corrected chi connectivity index (χ0v) is 15.6. The average molecular weight is 398 g/mol. The van der Waals surface area contributed by atoms with Gasteiger partial charge in [0.2, 0.25) is 5.91 Å². The van der Waals surface area contributed by atoms with Gasteiger partial charge in [-0.1, -0.05) is 6.07 Å². The summed E-state index contributed by atoms with van der Waals surface area (Å²) < 4.78 is 32.7. The van der Waals surface area contributed by atoms with Crippen LogP contribution in [0, 0.1) is 17.6 Å². The summed E-state index contributed by atoms with van der Waals surface area (Å²) in [5, 5.41) is 11.1. The molecule has 29 heavy (non-hydrogen) atoms. The molecule has 1 saturated heterocycles. The van der Waals surface area contributed by atoms with Gasteiger partial charge in [-0.05, 0) is 49.2 Å². The fraction of sp³-hybridized carbons (Fsp3) is 0.286. The van der Waals surface area contributed by atoms with Gasteiger partial charge in [-0.3, -0.25) is 4.79 Å². The number of furan rings is 1. The van der Waals surface area contributed by atoms with Crippen LogP contribution in [-0.4, -0.2) is 29.2 Å². The number of benzene rings is 1. The summed E-state index contributed by atoms with van der Waals surface area (Å²) in [6.45, 7) is 1.15. The van der Waals surface area contributed by atoms with E-state index in [1.54, 1.807) is 12.3 Å². The molecular formula is C21H20F2N4O2. The molecule has 1 N–H and O–H groups in total. The number of amides is 1. The van der Waals surface area contributed by atoms with Crippen molar-refractivity contribution >= 4 is 11.7 Å². The van der Waals surface area contributed by atoms with E-state index in [0.29, 0.717) is 37.4 Å². The first-order valence-electron chi connectivity index (χ1n) is 9.45. The van der Waals surface area contributed by atoms with Gasteiger partial charge in [0.25, 0.3) is 0 Å². The van der Waals surface area contributed by atoms with Gasteiger partial charge < -0.3 is 14.6 Å². The molecule has 1 aliphatic rings. The Kier molecular flexibility index (Phi) is 5.50. The summed E-state index contributed by atoms with van der Waals surface area (Å²) in [6.07, 6.45) is 2.85. The van der Waals surface area contributed by atoms with Crippen LogP contribution in [0.15, 0.2) is 53.1 Å². The van der Waals surface area contributed by atoms with E-state index in [2.05, 4.69) is 20.4 Å². The summed E-state index contributed by atoms with van der Waals surface area (Å²) >= 11 is 0. The standard InChI is InChI=1S/C21H20F2N4O2/c22-16-3-1-4-17(23)15(16)13-24-21(28)14-8-10-27(11-9-14)20-7-6-18(25-26-20)19-5-2-12-29-19/h1-7,12,14H,8-11,13H2,(H,24,28). The highest BCUT2D eigenvalue weighted by Gasteiger charge is 2.26. The van der Waals surface area contributed by atoms with E-state index in [4.69, 9.17) is 4.42 Å². The molecule has 3 aromatic rings. The van der Waals surface area contributed by atoms with Crippen molar-refractivity contribution in [2.24, 2.45) is 5.92 Å². The molecule has 1 fully saturated rings. The van der Waals surface area contributed by atoms with Crippen molar-refractivity contribution in [1.29, 1.82) is 0 Å². The zero-order chi connectivity index (χ0) is 20.2. The summed E-state index contributed by atoms with van der Waals surface area (Å²) in [7, 11) is 0. The van der Waals surface area contributed by atoms with E-state index in [0.717, 1.165) is 5.82 Å². The fourth-order valence-corrected chi connectivity index (χ4v) is 3.44. The normalized spacial score (nSPS) is 14.8. The van der Waals surface area contributed by atoms with Gasteiger partial charge in [-0.2, -0.15) is 0 Å². The maximum Gasteiger partial charge on any atom is 0.223 e. The zero-order valence-electron chi connectivity index (χ0n) is 15.6. The Hall–Kier alpha value is -3.29. The minimum atomic E-state index is -0.656. The first kappa shape index (κ1) is 19.0. The highest BCUT2D eigenvalue weighted by atomic mass is 19.1. The first-order chi connectivity index (χ1) is 14.1. The van der Waals surface area contributed by atoms with Crippen LogP contribution in [0.2, 0.25) is 0 Å². The molecule has 3 heterocycles. The van der Waals surface area contributed by atoms with Crippen molar-refractivity contribution in [3.8, 4) is 11.5 Å². The highest BCUT2D eigenvalue weighted by molar-refractivity contribution is 5.79. The molecular weight excluding hydrogens is 378 g/mol. The number of aromatic nitrogens is 2. The number of carbonyl (C=O) groups excluding carboxylic acids is 1. The Morgan fingerprint density at radius 2 is 1.83 bits per heavy atom. The number of piperidine rings is 1. The second-order valence-corrected chi connectivity index (χ2v) is 6.93. The Morgan fingerprint density at radius 3 is 2.45 bits per heavy atom. The third-order valence-corrected chi connectivity index (χ3v) is 5.11. The molecule has 0 atom stereocenters.